The van der Waals surface area contributed by atoms with Crippen molar-refractivity contribution in [2.75, 3.05) is 6.61 Å². The van der Waals surface area contributed by atoms with Crippen molar-refractivity contribution < 1.29 is 9.26 Å². The first-order chi connectivity index (χ1) is 8.97. The highest BCUT2D eigenvalue weighted by atomic mass is 32.1. The Morgan fingerprint density at radius 3 is 2.74 bits per heavy atom. The molecule has 0 spiro atoms. The van der Waals surface area contributed by atoms with Crippen LogP contribution in [0.1, 0.15) is 36.2 Å². The van der Waals surface area contributed by atoms with Gasteiger partial charge >= 0.3 is 0 Å². The zero-order valence-electron chi connectivity index (χ0n) is 11.6. The number of hydrogen-bond acceptors (Lipinski definition) is 6. The number of rotatable bonds is 5. The molecule has 0 aromatic carbocycles. The third-order valence-corrected chi connectivity index (χ3v) is 3.90. The van der Waals surface area contributed by atoms with E-state index >= 15 is 0 Å². The Bertz CT molecular complexity index is 528. The maximum atomic E-state index is 5.96. The van der Waals surface area contributed by atoms with E-state index in [0.717, 1.165) is 4.88 Å². The molecule has 2 rings (SSSR count). The molecule has 1 atom stereocenters. The summed E-state index contributed by atoms with van der Waals surface area (Å²) in [5.41, 5.74) is 7.19. The lowest BCUT2D eigenvalue weighted by Crippen LogP contribution is -2.20. The van der Waals surface area contributed by atoms with Crippen molar-refractivity contribution in [1.82, 2.24) is 10.1 Å². The van der Waals surface area contributed by atoms with Crippen molar-refractivity contribution in [3.8, 4) is 10.8 Å². The van der Waals surface area contributed by atoms with Crippen LogP contribution < -0.4 is 5.73 Å². The SMILES string of the molecule is Cc1cc(-c2nc(C(N)COC(C)C)no2)sc1C. The number of thiophene rings is 1. The number of hydrogen-bond donors (Lipinski definition) is 1. The molecule has 2 heterocycles. The molecule has 104 valence electrons. The Balaban J connectivity index is 2.10. The fourth-order valence-electron chi connectivity index (χ4n) is 1.53. The summed E-state index contributed by atoms with van der Waals surface area (Å²) < 4.78 is 10.7. The van der Waals surface area contributed by atoms with Gasteiger partial charge in [-0.05, 0) is 39.3 Å². The molecule has 0 amide bonds. The number of ether oxygens (including phenoxy) is 1. The highest BCUT2D eigenvalue weighted by Crippen LogP contribution is 2.29. The Kier molecular flexibility index (Phi) is 4.34. The van der Waals surface area contributed by atoms with Crippen LogP contribution in [0.5, 0.6) is 0 Å². The Morgan fingerprint density at radius 1 is 1.42 bits per heavy atom. The minimum atomic E-state index is -0.359. The van der Waals surface area contributed by atoms with Crippen LogP contribution >= 0.6 is 11.3 Å². The summed E-state index contributed by atoms with van der Waals surface area (Å²) in [5, 5.41) is 3.92. The second-order valence-electron chi connectivity index (χ2n) is 4.80. The average molecular weight is 281 g/mol. The lowest BCUT2D eigenvalue weighted by molar-refractivity contribution is 0.0665. The Labute approximate surface area is 116 Å². The van der Waals surface area contributed by atoms with Gasteiger partial charge < -0.3 is 15.0 Å². The molecule has 0 aliphatic heterocycles. The minimum absolute atomic E-state index is 0.139. The van der Waals surface area contributed by atoms with Crippen LogP contribution in [0.3, 0.4) is 0 Å². The third kappa shape index (κ3) is 3.40. The van der Waals surface area contributed by atoms with Crippen molar-refractivity contribution in [1.29, 1.82) is 0 Å². The molecule has 1 unspecified atom stereocenters. The van der Waals surface area contributed by atoms with E-state index in [0.29, 0.717) is 18.3 Å². The molecule has 0 saturated heterocycles. The number of aryl methyl sites for hydroxylation is 2. The van der Waals surface area contributed by atoms with Gasteiger partial charge in [0, 0.05) is 4.88 Å². The van der Waals surface area contributed by atoms with Crippen molar-refractivity contribution in [2.45, 2.75) is 39.8 Å². The van der Waals surface area contributed by atoms with Gasteiger partial charge in [-0.2, -0.15) is 4.98 Å². The minimum Gasteiger partial charge on any atom is -0.377 e. The van der Waals surface area contributed by atoms with E-state index in [9.17, 15) is 0 Å². The molecular weight excluding hydrogens is 262 g/mol. The maximum absolute atomic E-state index is 5.96. The Hall–Kier alpha value is -1.24. The van der Waals surface area contributed by atoms with Gasteiger partial charge in [-0.3, -0.25) is 0 Å². The molecule has 0 bridgehead atoms. The summed E-state index contributed by atoms with van der Waals surface area (Å²) in [4.78, 5) is 6.57. The van der Waals surface area contributed by atoms with Crippen molar-refractivity contribution in [2.24, 2.45) is 5.73 Å². The number of nitrogens with two attached hydrogens (primary N) is 1. The van der Waals surface area contributed by atoms with E-state index in [-0.39, 0.29) is 12.1 Å². The average Bonchev–Trinajstić information content (AvgIpc) is 2.94. The zero-order chi connectivity index (χ0) is 14.0. The quantitative estimate of drug-likeness (QED) is 0.912. The molecule has 2 N–H and O–H groups in total. The van der Waals surface area contributed by atoms with E-state index in [4.69, 9.17) is 15.0 Å². The van der Waals surface area contributed by atoms with Crippen LogP contribution in [0.25, 0.3) is 10.8 Å². The van der Waals surface area contributed by atoms with Crippen LogP contribution in [-0.4, -0.2) is 22.9 Å². The van der Waals surface area contributed by atoms with Crippen LogP contribution in [0.2, 0.25) is 0 Å². The van der Waals surface area contributed by atoms with Gasteiger partial charge in [0.2, 0.25) is 0 Å². The summed E-state index contributed by atoms with van der Waals surface area (Å²) in [6.45, 7) is 8.45. The second-order valence-corrected chi connectivity index (χ2v) is 6.05. The van der Waals surface area contributed by atoms with E-state index < -0.39 is 0 Å². The fraction of sp³-hybridized carbons (Fsp3) is 0.538. The lowest BCUT2D eigenvalue weighted by Gasteiger charge is -2.10. The van der Waals surface area contributed by atoms with Crippen molar-refractivity contribution >= 4 is 11.3 Å². The summed E-state index contributed by atoms with van der Waals surface area (Å²) in [6, 6.07) is 1.69. The van der Waals surface area contributed by atoms with Crippen LogP contribution in [0, 0.1) is 13.8 Å². The Morgan fingerprint density at radius 2 is 2.16 bits per heavy atom. The molecule has 2 aromatic rings. The first kappa shape index (κ1) is 14.2. The van der Waals surface area contributed by atoms with Crippen molar-refractivity contribution in [3.63, 3.8) is 0 Å². The standard InChI is InChI=1S/C13H19N3O2S/c1-7(2)17-6-10(14)12-15-13(18-16-12)11-5-8(3)9(4)19-11/h5,7,10H,6,14H2,1-4H3. The van der Waals surface area contributed by atoms with Crippen LogP contribution in [-0.2, 0) is 4.74 Å². The van der Waals surface area contributed by atoms with Gasteiger partial charge in [0.15, 0.2) is 5.82 Å². The number of aromatic nitrogens is 2. The van der Waals surface area contributed by atoms with Crippen LogP contribution in [0.4, 0.5) is 0 Å². The molecular formula is C13H19N3O2S. The summed E-state index contributed by atoms with van der Waals surface area (Å²) >= 11 is 1.64. The van der Waals surface area contributed by atoms with Crippen LogP contribution in [0.15, 0.2) is 10.6 Å². The second kappa shape index (κ2) is 5.81. The first-order valence-electron chi connectivity index (χ1n) is 6.25. The molecule has 0 fully saturated rings. The predicted molar refractivity (Wildman–Crippen MR) is 75.1 cm³/mol. The monoisotopic (exact) mass is 281 g/mol. The van der Waals surface area contributed by atoms with Gasteiger partial charge in [-0.1, -0.05) is 5.16 Å². The molecule has 2 aromatic heterocycles. The summed E-state index contributed by atoms with van der Waals surface area (Å²) in [7, 11) is 0. The van der Waals surface area contributed by atoms with Gasteiger partial charge in [0.25, 0.3) is 5.89 Å². The van der Waals surface area contributed by atoms with E-state index in [1.165, 1.54) is 10.4 Å². The fourth-order valence-corrected chi connectivity index (χ4v) is 2.49. The molecule has 5 nitrogen and oxygen atoms in total. The predicted octanol–water partition coefficient (Wildman–Crippen LogP) is 2.84. The van der Waals surface area contributed by atoms with Gasteiger partial charge in [-0.25, -0.2) is 0 Å². The highest BCUT2D eigenvalue weighted by molar-refractivity contribution is 7.15. The van der Waals surface area contributed by atoms with Gasteiger partial charge in [0.05, 0.1) is 23.6 Å². The smallest absolute Gasteiger partial charge is 0.268 e. The normalized spacial score (nSPS) is 13.2. The van der Waals surface area contributed by atoms with E-state index in [2.05, 4.69) is 24.0 Å². The molecule has 0 saturated carbocycles. The molecule has 0 aliphatic rings. The summed E-state index contributed by atoms with van der Waals surface area (Å²) in [6.07, 6.45) is 0.139. The lowest BCUT2D eigenvalue weighted by atomic mass is 10.3. The third-order valence-electron chi connectivity index (χ3n) is 2.76. The van der Waals surface area contributed by atoms with E-state index in [1.54, 1.807) is 11.3 Å². The maximum Gasteiger partial charge on any atom is 0.268 e. The zero-order valence-corrected chi connectivity index (χ0v) is 12.5. The highest BCUT2D eigenvalue weighted by Gasteiger charge is 2.17. The molecule has 0 aliphatic carbocycles. The number of nitrogens with zero attached hydrogens (tertiary/aromatic N) is 2. The largest absolute Gasteiger partial charge is 0.377 e. The molecule has 0 radical (unpaired) electrons. The molecule has 19 heavy (non-hydrogen) atoms. The van der Waals surface area contributed by atoms with Gasteiger partial charge in [-0.15, -0.1) is 11.3 Å². The van der Waals surface area contributed by atoms with Gasteiger partial charge in [0.1, 0.15) is 0 Å². The summed E-state index contributed by atoms with van der Waals surface area (Å²) in [5.74, 6) is 1.01. The molecule has 6 heteroatoms. The topological polar surface area (TPSA) is 74.2 Å². The van der Waals surface area contributed by atoms with E-state index in [1.807, 2.05) is 19.9 Å². The first-order valence-corrected chi connectivity index (χ1v) is 7.07. The van der Waals surface area contributed by atoms with Crippen molar-refractivity contribution in [3.05, 3.63) is 22.3 Å².